The van der Waals surface area contributed by atoms with Gasteiger partial charge in [0.1, 0.15) is 5.75 Å². The Morgan fingerprint density at radius 2 is 2.00 bits per heavy atom. The Morgan fingerprint density at radius 1 is 1.40 bits per heavy atom. The molecule has 0 atom stereocenters. The van der Waals surface area contributed by atoms with E-state index in [0.717, 1.165) is 4.31 Å². The highest BCUT2D eigenvalue weighted by Crippen LogP contribution is 2.22. The lowest BCUT2D eigenvalue weighted by molar-refractivity contribution is -0.134. The van der Waals surface area contributed by atoms with Crippen molar-refractivity contribution in [3.8, 4) is 5.75 Å². The molecule has 0 amide bonds. The Bertz CT molecular complexity index is 565. The van der Waals surface area contributed by atoms with Gasteiger partial charge in [-0.1, -0.05) is 6.08 Å². The molecule has 0 radical (unpaired) electrons. The van der Waals surface area contributed by atoms with E-state index in [9.17, 15) is 13.2 Å². The molecule has 0 heterocycles. The molecule has 0 fully saturated rings. The summed E-state index contributed by atoms with van der Waals surface area (Å²) in [6.45, 7) is 3.68. The van der Waals surface area contributed by atoms with E-state index >= 15 is 0 Å². The van der Waals surface area contributed by atoms with Gasteiger partial charge >= 0.3 is 5.97 Å². The number of aliphatic carboxylic acids is 1. The van der Waals surface area contributed by atoms with Gasteiger partial charge < -0.3 is 9.84 Å². The zero-order valence-electron chi connectivity index (χ0n) is 11.2. The molecular formula is C13H17NO5S. The first-order valence-electron chi connectivity index (χ1n) is 5.88. The summed E-state index contributed by atoms with van der Waals surface area (Å²) in [5, 5.41) is 8.71. The molecule has 0 aliphatic carbocycles. The van der Waals surface area contributed by atoms with Crippen LogP contribution in [-0.4, -0.2) is 38.9 Å². The Labute approximate surface area is 118 Å². The van der Waals surface area contributed by atoms with Gasteiger partial charge in [0.2, 0.25) is 10.0 Å². The molecule has 1 rings (SSSR count). The highest BCUT2D eigenvalue weighted by Gasteiger charge is 2.25. The van der Waals surface area contributed by atoms with Gasteiger partial charge in [-0.05, 0) is 30.7 Å². The van der Waals surface area contributed by atoms with Crippen LogP contribution in [0.5, 0.6) is 5.75 Å². The Balaban J connectivity index is 3.10. The maximum atomic E-state index is 12.1. The molecule has 6 nitrogen and oxygen atoms in total. The van der Waals surface area contributed by atoms with Gasteiger partial charge in [-0.25, -0.2) is 8.42 Å². The first-order valence-corrected chi connectivity index (χ1v) is 7.49. The smallest absolute Gasteiger partial charge is 0.320 e. The number of carbonyl (C=O) groups is 1. The summed E-state index contributed by atoms with van der Waals surface area (Å²) in [4.78, 5) is 10.7. The molecule has 0 saturated heterocycles. The minimum atomic E-state index is -3.92. The van der Waals surface area contributed by atoms with Crippen LogP contribution in [0.25, 0.3) is 0 Å². The zero-order chi connectivity index (χ0) is 15.2. The maximum absolute atomic E-state index is 12.1. The highest BCUT2D eigenvalue weighted by molar-refractivity contribution is 7.93. The van der Waals surface area contributed by atoms with Gasteiger partial charge in [0, 0.05) is 6.54 Å². The van der Waals surface area contributed by atoms with E-state index in [1.54, 1.807) is 30.3 Å². The average Bonchev–Trinajstić information content (AvgIpc) is 2.38. The summed E-state index contributed by atoms with van der Waals surface area (Å²) in [7, 11) is -2.42. The third-order valence-electron chi connectivity index (χ3n) is 2.54. The zero-order valence-corrected chi connectivity index (χ0v) is 12.0. The second-order valence-corrected chi connectivity index (χ2v) is 5.89. The van der Waals surface area contributed by atoms with Gasteiger partial charge in [-0.3, -0.25) is 9.10 Å². The largest absolute Gasteiger partial charge is 0.497 e. The highest BCUT2D eigenvalue weighted by atomic mass is 32.2. The first-order chi connectivity index (χ1) is 9.40. The molecule has 0 spiro atoms. The third-order valence-corrected chi connectivity index (χ3v) is 4.22. The monoisotopic (exact) mass is 299 g/mol. The molecule has 1 N–H and O–H groups in total. The third kappa shape index (κ3) is 4.27. The number of nitrogens with zero attached hydrogens (tertiary/aromatic N) is 1. The molecule has 1 aromatic carbocycles. The lowest BCUT2D eigenvalue weighted by Crippen LogP contribution is -2.36. The number of anilines is 1. The van der Waals surface area contributed by atoms with Crippen LogP contribution in [0.3, 0.4) is 0 Å². The van der Waals surface area contributed by atoms with E-state index in [2.05, 4.69) is 6.58 Å². The second-order valence-electron chi connectivity index (χ2n) is 4.00. The van der Waals surface area contributed by atoms with Crippen molar-refractivity contribution in [3.63, 3.8) is 0 Å². The van der Waals surface area contributed by atoms with Crippen LogP contribution >= 0.6 is 0 Å². The summed E-state index contributed by atoms with van der Waals surface area (Å²) >= 11 is 0. The predicted molar refractivity (Wildman–Crippen MR) is 76.6 cm³/mol. The summed E-state index contributed by atoms with van der Waals surface area (Å²) in [5.74, 6) is -1.74. The minimum absolute atomic E-state index is 0.144. The van der Waals surface area contributed by atoms with Crippen LogP contribution < -0.4 is 9.04 Å². The molecule has 0 aromatic heterocycles. The number of hydrogen-bond donors (Lipinski definition) is 1. The number of benzene rings is 1. The molecule has 0 saturated carbocycles. The number of ether oxygens (including phenoxy) is 1. The lowest BCUT2D eigenvalue weighted by Gasteiger charge is -2.23. The van der Waals surface area contributed by atoms with Crippen molar-refractivity contribution in [2.45, 2.75) is 6.42 Å². The quantitative estimate of drug-likeness (QED) is 0.735. The Kier molecular flexibility index (Phi) is 5.57. The maximum Gasteiger partial charge on any atom is 0.320 e. The van der Waals surface area contributed by atoms with Gasteiger partial charge in [0.25, 0.3) is 0 Å². The van der Waals surface area contributed by atoms with Crippen LogP contribution in [0.4, 0.5) is 5.69 Å². The van der Waals surface area contributed by atoms with Gasteiger partial charge in [0.15, 0.2) is 5.75 Å². The van der Waals surface area contributed by atoms with Crippen molar-refractivity contribution in [2.24, 2.45) is 0 Å². The van der Waals surface area contributed by atoms with Crippen molar-refractivity contribution in [1.29, 1.82) is 0 Å². The van der Waals surface area contributed by atoms with Crippen LogP contribution in [0.1, 0.15) is 6.42 Å². The molecule has 0 unspecified atom stereocenters. The first kappa shape index (κ1) is 16.0. The summed E-state index contributed by atoms with van der Waals surface area (Å²) in [5.41, 5.74) is 0.397. The van der Waals surface area contributed by atoms with Crippen LogP contribution in [0.15, 0.2) is 36.9 Å². The SMILES string of the molecule is C=CCCN(c1ccc(OC)cc1)S(=O)(=O)CC(=O)O. The van der Waals surface area contributed by atoms with E-state index in [1.807, 2.05) is 0 Å². The summed E-state index contributed by atoms with van der Waals surface area (Å²) in [6.07, 6.45) is 2.00. The van der Waals surface area contributed by atoms with Crippen molar-refractivity contribution in [2.75, 3.05) is 23.7 Å². The number of sulfonamides is 1. The topological polar surface area (TPSA) is 83.9 Å². The van der Waals surface area contributed by atoms with Crippen molar-refractivity contribution in [1.82, 2.24) is 0 Å². The number of methoxy groups -OCH3 is 1. The fourth-order valence-electron chi connectivity index (χ4n) is 1.62. The summed E-state index contributed by atoms with van der Waals surface area (Å²) in [6, 6.07) is 6.38. The van der Waals surface area contributed by atoms with E-state index in [4.69, 9.17) is 9.84 Å². The molecule has 110 valence electrons. The number of rotatable bonds is 8. The van der Waals surface area contributed by atoms with Gasteiger partial charge in [-0.15, -0.1) is 6.58 Å². The Morgan fingerprint density at radius 3 is 2.45 bits per heavy atom. The van der Waals surface area contributed by atoms with E-state index in [1.165, 1.54) is 7.11 Å². The minimum Gasteiger partial charge on any atom is -0.497 e. The van der Waals surface area contributed by atoms with Crippen LogP contribution in [-0.2, 0) is 14.8 Å². The molecule has 0 aliphatic heterocycles. The van der Waals surface area contributed by atoms with Crippen molar-refractivity contribution >= 4 is 21.7 Å². The molecule has 0 aliphatic rings. The van der Waals surface area contributed by atoms with Gasteiger partial charge in [0.05, 0.1) is 12.8 Å². The van der Waals surface area contributed by atoms with Crippen LogP contribution in [0.2, 0.25) is 0 Å². The summed E-state index contributed by atoms with van der Waals surface area (Å²) < 4.78 is 30.2. The molecule has 0 bridgehead atoms. The molecule has 7 heteroatoms. The van der Waals surface area contributed by atoms with Crippen molar-refractivity contribution in [3.05, 3.63) is 36.9 Å². The fraction of sp³-hybridized carbons (Fsp3) is 0.308. The number of hydrogen-bond acceptors (Lipinski definition) is 4. The molecule has 1 aromatic rings. The standard InChI is InChI=1S/C13H17NO5S/c1-3-4-9-14(20(17,18)10-13(15)16)11-5-7-12(19-2)8-6-11/h3,5-8H,1,4,9-10H2,2H3,(H,15,16). The molecule has 20 heavy (non-hydrogen) atoms. The fourth-order valence-corrected chi connectivity index (χ4v) is 2.91. The normalized spacial score (nSPS) is 10.8. The van der Waals surface area contributed by atoms with E-state index in [0.29, 0.717) is 17.9 Å². The number of carboxylic acid groups (broad SMARTS) is 1. The van der Waals surface area contributed by atoms with E-state index < -0.39 is 21.7 Å². The average molecular weight is 299 g/mol. The Hall–Kier alpha value is -2.02. The lowest BCUT2D eigenvalue weighted by atomic mass is 10.3. The second kappa shape index (κ2) is 6.95. The predicted octanol–water partition coefficient (Wildman–Crippen LogP) is 1.49. The van der Waals surface area contributed by atoms with Crippen LogP contribution in [0, 0.1) is 0 Å². The van der Waals surface area contributed by atoms with E-state index in [-0.39, 0.29) is 6.54 Å². The number of carboxylic acids is 1. The van der Waals surface area contributed by atoms with Crippen molar-refractivity contribution < 1.29 is 23.1 Å². The van der Waals surface area contributed by atoms with Gasteiger partial charge in [-0.2, -0.15) is 0 Å². The molecular weight excluding hydrogens is 282 g/mol.